The van der Waals surface area contributed by atoms with Crippen molar-refractivity contribution in [2.75, 3.05) is 26.3 Å². The van der Waals surface area contributed by atoms with Gasteiger partial charge in [-0.15, -0.1) is 0 Å². The second-order valence-electron chi connectivity index (χ2n) is 5.34. The highest BCUT2D eigenvalue weighted by molar-refractivity contribution is 5.80. The Hall–Kier alpha value is -1.03. The van der Waals surface area contributed by atoms with Crippen LogP contribution >= 0.6 is 0 Å². The van der Waals surface area contributed by atoms with E-state index in [2.05, 4.69) is 48.5 Å². The zero-order chi connectivity index (χ0) is 13.9. The van der Waals surface area contributed by atoms with Gasteiger partial charge in [0.2, 0.25) is 0 Å². The molecule has 1 rings (SSSR count). The Labute approximate surface area is 117 Å². The molecule has 0 aromatic carbocycles. The fraction of sp³-hybridized carbons (Fsp3) is 0.800. The summed E-state index contributed by atoms with van der Waals surface area (Å²) in [5.41, 5.74) is 0. The Morgan fingerprint density at radius 1 is 1.32 bits per heavy atom. The molecule has 4 nitrogen and oxygen atoms in total. The van der Waals surface area contributed by atoms with Crippen molar-refractivity contribution in [1.82, 2.24) is 10.6 Å². The van der Waals surface area contributed by atoms with Gasteiger partial charge in [-0.2, -0.15) is 0 Å². The molecule has 1 aliphatic rings. The van der Waals surface area contributed by atoms with Gasteiger partial charge in [0.05, 0.1) is 13.2 Å². The molecule has 19 heavy (non-hydrogen) atoms. The smallest absolute Gasteiger partial charge is 0.191 e. The lowest BCUT2D eigenvalue weighted by atomic mass is 10.1. The molecule has 0 saturated carbocycles. The van der Waals surface area contributed by atoms with Gasteiger partial charge in [0.15, 0.2) is 5.96 Å². The van der Waals surface area contributed by atoms with Crippen molar-refractivity contribution in [2.24, 2.45) is 10.9 Å². The number of ether oxygens (including phenoxy) is 1. The van der Waals surface area contributed by atoms with Gasteiger partial charge in [0, 0.05) is 19.2 Å². The largest absolute Gasteiger partial charge is 0.380 e. The molecule has 0 saturated heterocycles. The normalized spacial score (nSPS) is 16.3. The summed E-state index contributed by atoms with van der Waals surface area (Å²) in [6, 6.07) is 0.500. The number of hydrogen-bond acceptors (Lipinski definition) is 2. The van der Waals surface area contributed by atoms with Gasteiger partial charge in [0.1, 0.15) is 0 Å². The molecule has 0 spiro atoms. The summed E-state index contributed by atoms with van der Waals surface area (Å²) in [7, 11) is 0. The van der Waals surface area contributed by atoms with E-state index in [1.54, 1.807) is 0 Å². The Morgan fingerprint density at radius 3 is 2.68 bits per heavy atom. The highest BCUT2D eigenvalue weighted by Crippen LogP contribution is 2.08. The first kappa shape index (κ1) is 16.0. The molecule has 0 radical (unpaired) electrons. The lowest BCUT2D eigenvalue weighted by Gasteiger charge is -2.16. The summed E-state index contributed by atoms with van der Waals surface area (Å²) < 4.78 is 5.57. The summed E-state index contributed by atoms with van der Waals surface area (Å²) in [5, 5.41) is 6.72. The predicted molar refractivity (Wildman–Crippen MR) is 81.6 cm³/mol. The molecule has 0 unspecified atom stereocenters. The van der Waals surface area contributed by atoms with Crippen LogP contribution in [-0.4, -0.2) is 38.3 Å². The van der Waals surface area contributed by atoms with E-state index in [0.717, 1.165) is 38.4 Å². The van der Waals surface area contributed by atoms with Crippen molar-refractivity contribution in [3.63, 3.8) is 0 Å². The summed E-state index contributed by atoms with van der Waals surface area (Å²) >= 11 is 0. The minimum absolute atomic E-state index is 0.500. The molecule has 0 heterocycles. The molecule has 0 amide bonds. The SMILES string of the molecule is CCNC(=NCCOCCC(C)C)NC1CC=CC1. The molecule has 0 aliphatic heterocycles. The van der Waals surface area contributed by atoms with E-state index in [4.69, 9.17) is 4.74 Å². The quantitative estimate of drug-likeness (QED) is 0.307. The maximum absolute atomic E-state index is 5.57. The second-order valence-corrected chi connectivity index (χ2v) is 5.34. The summed E-state index contributed by atoms with van der Waals surface area (Å²) in [6.45, 7) is 9.65. The standard InChI is InChI=1S/C15H29N3O/c1-4-16-15(18-14-7-5-6-8-14)17-10-12-19-11-9-13(2)3/h5-6,13-14H,4,7-12H2,1-3H3,(H2,16,17,18). The van der Waals surface area contributed by atoms with Crippen LogP contribution in [0.3, 0.4) is 0 Å². The van der Waals surface area contributed by atoms with Crippen LogP contribution in [0, 0.1) is 5.92 Å². The number of nitrogens with zero attached hydrogens (tertiary/aromatic N) is 1. The topological polar surface area (TPSA) is 45.7 Å². The minimum atomic E-state index is 0.500. The first-order valence-corrected chi connectivity index (χ1v) is 7.50. The minimum Gasteiger partial charge on any atom is -0.380 e. The maximum Gasteiger partial charge on any atom is 0.191 e. The summed E-state index contributed by atoms with van der Waals surface area (Å²) in [6.07, 6.45) is 7.74. The molecule has 110 valence electrons. The Bertz CT molecular complexity index is 279. The average molecular weight is 267 g/mol. The molecular formula is C15H29N3O. The lowest BCUT2D eigenvalue weighted by molar-refractivity contribution is 0.130. The van der Waals surface area contributed by atoms with E-state index in [0.29, 0.717) is 25.1 Å². The molecular weight excluding hydrogens is 238 g/mol. The van der Waals surface area contributed by atoms with Crippen LogP contribution in [0.1, 0.15) is 40.0 Å². The Kier molecular flexibility index (Phi) is 8.30. The van der Waals surface area contributed by atoms with Crippen molar-refractivity contribution in [1.29, 1.82) is 0 Å². The van der Waals surface area contributed by atoms with Gasteiger partial charge >= 0.3 is 0 Å². The Balaban J connectivity index is 2.16. The number of hydrogen-bond donors (Lipinski definition) is 2. The van der Waals surface area contributed by atoms with Crippen LogP contribution < -0.4 is 10.6 Å². The number of guanidine groups is 1. The molecule has 0 bridgehead atoms. The van der Waals surface area contributed by atoms with E-state index in [9.17, 15) is 0 Å². The van der Waals surface area contributed by atoms with E-state index in [-0.39, 0.29) is 0 Å². The predicted octanol–water partition coefficient (Wildman–Crippen LogP) is 2.32. The zero-order valence-corrected chi connectivity index (χ0v) is 12.6. The van der Waals surface area contributed by atoms with Gasteiger partial charge < -0.3 is 15.4 Å². The van der Waals surface area contributed by atoms with Crippen LogP contribution in [0.2, 0.25) is 0 Å². The molecule has 1 aliphatic carbocycles. The summed E-state index contributed by atoms with van der Waals surface area (Å²) in [5.74, 6) is 1.61. The van der Waals surface area contributed by atoms with Crippen molar-refractivity contribution in [3.05, 3.63) is 12.2 Å². The lowest BCUT2D eigenvalue weighted by Crippen LogP contribution is -2.42. The van der Waals surface area contributed by atoms with Crippen LogP contribution in [0.15, 0.2) is 17.1 Å². The molecule has 4 heteroatoms. The van der Waals surface area contributed by atoms with Gasteiger partial charge in [0.25, 0.3) is 0 Å². The van der Waals surface area contributed by atoms with Crippen LogP contribution in [0.5, 0.6) is 0 Å². The highest BCUT2D eigenvalue weighted by Gasteiger charge is 2.11. The fourth-order valence-electron chi connectivity index (χ4n) is 1.89. The highest BCUT2D eigenvalue weighted by atomic mass is 16.5. The van der Waals surface area contributed by atoms with E-state index in [1.165, 1.54) is 0 Å². The molecule has 0 aromatic rings. The molecule has 0 aromatic heterocycles. The summed E-state index contributed by atoms with van der Waals surface area (Å²) in [4.78, 5) is 4.54. The number of aliphatic imine (C=N–C) groups is 1. The number of nitrogens with one attached hydrogen (secondary N) is 2. The van der Waals surface area contributed by atoms with Crippen molar-refractivity contribution < 1.29 is 4.74 Å². The monoisotopic (exact) mass is 267 g/mol. The van der Waals surface area contributed by atoms with E-state index in [1.807, 2.05) is 0 Å². The van der Waals surface area contributed by atoms with Gasteiger partial charge in [-0.3, -0.25) is 4.99 Å². The third kappa shape index (κ3) is 7.88. The molecule has 2 N–H and O–H groups in total. The van der Waals surface area contributed by atoms with Crippen molar-refractivity contribution in [2.45, 2.75) is 46.1 Å². The van der Waals surface area contributed by atoms with Gasteiger partial charge in [-0.1, -0.05) is 26.0 Å². The van der Waals surface area contributed by atoms with Crippen LogP contribution in [0.25, 0.3) is 0 Å². The first-order chi connectivity index (χ1) is 9.22. The third-order valence-corrected chi connectivity index (χ3v) is 3.04. The van der Waals surface area contributed by atoms with Crippen molar-refractivity contribution >= 4 is 5.96 Å². The first-order valence-electron chi connectivity index (χ1n) is 7.50. The maximum atomic E-state index is 5.57. The number of rotatable bonds is 8. The van der Waals surface area contributed by atoms with Crippen LogP contribution in [-0.2, 0) is 4.74 Å². The second kappa shape index (κ2) is 9.84. The van der Waals surface area contributed by atoms with Gasteiger partial charge in [-0.25, -0.2) is 0 Å². The van der Waals surface area contributed by atoms with Crippen LogP contribution in [0.4, 0.5) is 0 Å². The third-order valence-electron chi connectivity index (χ3n) is 3.04. The van der Waals surface area contributed by atoms with E-state index >= 15 is 0 Å². The molecule has 0 atom stereocenters. The average Bonchev–Trinajstić information content (AvgIpc) is 2.86. The molecule has 0 fully saturated rings. The Morgan fingerprint density at radius 2 is 2.05 bits per heavy atom. The fourth-order valence-corrected chi connectivity index (χ4v) is 1.89. The van der Waals surface area contributed by atoms with Crippen molar-refractivity contribution in [3.8, 4) is 0 Å². The van der Waals surface area contributed by atoms with E-state index < -0.39 is 0 Å². The zero-order valence-electron chi connectivity index (χ0n) is 12.6. The van der Waals surface area contributed by atoms with Gasteiger partial charge in [-0.05, 0) is 32.1 Å².